The number of benzene rings is 1. The normalized spacial score (nSPS) is 24.1. The lowest BCUT2D eigenvalue weighted by atomic mass is 10.2. The zero-order valence-electron chi connectivity index (χ0n) is 10.6. The Balaban J connectivity index is 2.17. The predicted molar refractivity (Wildman–Crippen MR) is 79.5 cm³/mol. The topological polar surface area (TPSA) is 37.4 Å². The van der Waals surface area contributed by atoms with Crippen molar-refractivity contribution in [2.24, 2.45) is 0 Å². The Labute approximate surface area is 125 Å². The lowest BCUT2D eigenvalue weighted by Gasteiger charge is -2.20. The lowest BCUT2D eigenvalue weighted by molar-refractivity contribution is 0.0767. The highest BCUT2D eigenvalue weighted by molar-refractivity contribution is 7.85. The maximum Gasteiger partial charge on any atom is 0.255 e. The van der Waals surface area contributed by atoms with Crippen LogP contribution in [0.3, 0.4) is 0 Å². The molecule has 1 fully saturated rings. The average Bonchev–Trinajstić information content (AvgIpc) is 2.52. The first kappa shape index (κ1) is 14.8. The van der Waals surface area contributed by atoms with Gasteiger partial charge in [-0.15, -0.1) is 0 Å². The second-order valence-corrected chi connectivity index (χ2v) is 7.42. The number of hydrogen-bond donors (Lipinski definition) is 0. The van der Waals surface area contributed by atoms with Crippen LogP contribution in [0.25, 0.3) is 0 Å². The Hall–Kier alpha value is -0.580. The van der Waals surface area contributed by atoms with Crippen molar-refractivity contribution in [2.75, 3.05) is 18.8 Å². The molecule has 0 spiro atoms. The fourth-order valence-electron chi connectivity index (χ4n) is 2.02. The average molecular weight is 320 g/mol. The zero-order chi connectivity index (χ0) is 14.0. The Morgan fingerprint density at radius 3 is 2.79 bits per heavy atom. The van der Waals surface area contributed by atoms with E-state index < -0.39 is 10.8 Å². The molecule has 6 heteroatoms. The number of rotatable bonds is 1. The quantitative estimate of drug-likeness (QED) is 0.798. The molecule has 104 valence electrons. The highest BCUT2D eigenvalue weighted by Gasteiger charge is 2.24. The van der Waals surface area contributed by atoms with E-state index in [-0.39, 0.29) is 11.2 Å². The van der Waals surface area contributed by atoms with Crippen molar-refractivity contribution in [3.63, 3.8) is 0 Å². The van der Waals surface area contributed by atoms with Gasteiger partial charge in [-0.2, -0.15) is 0 Å². The van der Waals surface area contributed by atoms with Gasteiger partial charge in [0.1, 0.15) is 0 Å². The van der Waals surface area contributed by atoms with Crippen LogP contribution < -0.4 is 0 Å². The Kier molecular flexibility index (Phi) is 4.87. The molecule has 1 aliphatic heterocycles. The number of amides is 1. The molecule has 1 amide bonds. The van der Waals surface area contributed by atoms with E-state index in [1.54, 1.807) is 23.1 Å². The molecule has 0 aliphatic carbocycles. The summed E-state index contributed by atoms with van der Waals surface area (Å²) in [5, 5.41) is 1.00. The van der Waals surface area contributed by atoms with E-state index >= 15 is 0 Å². The van der Waals surface area contributed by atoms with Crippen molar-refractivity contribution in [3.05, 3.63) is 33.8 Å². The molecule has 1 aromatic rings. The van der Waals surface area contributed by atoms with Crippen LogP contribution in [0.5, 0.6) is 0 Å². The van der Waals surface area contributed by atoms with Gasteiger partial charge in [0.15, 0.2) is 0 Å². The maximum absolute atomic E-state index is 12.4. The van der Waals surface area contributed by atoms with Crippen LogP contribution in [0.15, 0.2) is 18.2 Å². The Bertz CT molecular complexity index is 521. The predicted octanol–water partition coefficient (Wildman–Crippen LogP) is 2.98. The molecule has 0 unspecified atom stereocenters. The fourth-order valence-corrected chi connectivity index (χ4v) is 3.68. The largest absolute Gasteiger partial charge is 0.338 e. The van der Waals surface area contributed by atoms with Gasteiger partial charge in [-0.3, -0.25) is 9.00 Å². The number of carbonyl (C=O) groups is 1. The van der Waals surface area contributed by atoms with E-state index in [1.165, 1.54) is 0 Å². The van der Waals surface area contributed by atoms with Gasteiger partial charge in [-0.25, -0.2) is 0 Å². The summed E-state index contributed by atoms with van der Waals surface area (Å²) in [4.78, 5) is 14.1. The molecule has 0 aromatic heterocycles. The van der Waals surface area contributed by atoms with Crippen LogP contribution in [0.1, 0.15) is 23.7 Å². The van der Waals surface area contributed by atoms with Gasteiger partial charge in [0.2, 0.25) is 0 Å². The molecule has 2 atom stereocenters. The van der Waals surface area contributed by atoms with Gasteiger partial charge >= 0.3 is 0 Å². The van der Waals surface area contributed by atoms with Crippen LogP contribution >= 0.6 is 23.2 Å². The molecule has 0 radical (unpaired) electrons. The molecule has 1 heterocycles. The summed E-state index contributed by atoms with van der Waals surface area (Å²) in [6, 6.07) is 4.85. The van der Waals surface area contributed by atoms with E-state index in [9.17, 15) is 9.00 Å². The van der Waals surface area contributed by atoms with E-state index in [0.29, 0.717) is 34.5 Å². The molecule has 1 aliphatic rings. The molecule has 19 heavy (non-hydrogen) atoms. The molecular weight excluding hydrogens is 305 g/mol. The summed E-state index contributed by atoms with van der Waals surface area (Å²) in [6.45, 7) is 3.08. The van der Waals surface area contributed by atoms with Crippen molar-refractivity contribution in [3.8, 4) is 0 Å². The number of hydrogen-bond acceptors (Lipinski definition) is 2. The Morgan fingerprint density at radius 2 is 2.11 bits per heavy atom. The van der Waals surface area contributed by atoms with Gasteiger partial charge < -0.3 is 4.90 Å². The van der Waals surface area contributed by atoms with Gasteiger partial charge in [-0.05, 0) is 24.6 Å². The molecule has 0 N–H and O–H groups in total. The van der Waals surface area contributed by atoms with Crippen molar-refractivity contribution in [2.45, 2.75) is 18.6 Å². The maximum atomic E-state index is 12.4. The first-order valence-electron chi connectivity index (χ1n) is 6.10. The third kappa shape index (κ3) is 3.50. The van der Waals surface area contributed by atoms with Crippen molar-refractivity contribution in [1.82, 2.24) is 4.90 Å². The zero-order valence-corrected chi connectivity index (χ0v) is 12.9. The van der Waals surface area contributed by atoms with Crippen LogP contribution in [-0.2, 0) is 10.8 Å². The number of carbonyl (C=O) groups excluding carboxylic acids is 1. The highest BCUT2D eigenvalue weighted by Crippen LogP contribution is 2.23. The number of nitrogens with zero attached hydrogens (tertiary/aromatic N) is 1. The van der Waals surface area contributed by atoms with Crippen molar-refractivity contribution >= 4 is 39.9 Å². The minimum atomic E-state index is -0.853. The second-order valence-electron chi connectivity index (χ2n) is 4.60. The van der Waals surface area contributed by atoms with E-state index in [4.69, 9.17) is 23.2 Å². The summed E-state index contributed by atoms with van der Waals surface area (Å²) in [6.07, 6.45) is 0.754. The van der Waals surface area contributed by atoms with Gasteiger partial charge in [0, 0.05) is 39.9 Å². The molecule has 0 saturated carbocycles. The van der Waals surface area contributed by atoms with Gasteiger partial charge in [0.05, 0.1) is 10.6 Å². The standard InChI is InChI=1S/C13H15Cl2NO2S/c1-9-4-5-16(6-7-19(9)18)13(17)11-3-2-10(14)8-12(11)15/h2-3,8-9H,4-7H2,1H3/t9-,19+/m0/s1. The summed E-state index contributed by atoms with van der Waals surface area (Å²) >= 11 is 11.9. The fraction of sp³-hybridized carbons (Fsp3) is 0.462. The van der Waals surface area contributed by atoms with Gasteiger partial charge in [-0.1, -0.05) is 30.1 Å². The smallest absolute Gasteiger partial charge is 0.255 e. The summed E-state index contributed by atoms with van der Waals surface area (Å²) < 4.78 is 11.8. The highest BCUT2D eigenvalue weighted by atomic mass is 35.5. The molecule has 1 aromatic carbocycles. The Morgan fingerprint density at radius 1 is 1.37 bits per heavy atom. The molecule has 0 bridgehead atoms. The first-order chi connectivity index (χ1) is 8.99. The summed E-state index contributed by atoms with van der Waals surface area (Å²) in [7, 11) is -0.853. The summed E-state index contributed by atoms with van der Waals surface area (Å²) in [5.41, 5.74) is 0.450. The van der Waals surface area contributed by atoms with E-state index in [0.717, 1.165) is 6.42 Å². The van der Waals surface area contributed by atoms with Crippen molar-refractivity contribution in [1.29, 1.82) is 0 Å². The molecule has 3 nitrogen and oxygen atoms in total. The van der Waals surface area contributed by atoms with Crippen LogP contribution in [0, 0.1) is 0 Å². The summed E-state index contributed by atoms with van der Waals surface area (Å²) in [5.74, 6) is 0.408. The van der Waals surface area contributed by atoms with Crippen molar-refractivity contribution < 1.29 is 9.00 Å². The molecular formula is C13H15Cl2NO2S. The molecule has 1 saturated heterocycles. The van der Waals surface area contributed by atoms with Crippen LogP contribution in [0.2, 0.25) is 10.0 Å². The number of halogens is 2. The third-order valence-corrected chi connectivity index (χ3v) is 5.53. The van der Waals surface area contributed by atoms with E-state index in [2.05, 4.69) is 0 Å². The minimum absolute atomic E-state index is 0.118. The minimum Gasteiger partial charge on any atom is -0.338 e. The third-order valence-electron chi connectivity index (χ3n) is 3.27. The van der Waals surface area contributed by atoms with E-state index in [1.807, 2.05) is 6.92 Å². The van der Waals surface area contributed by atoms with Gasteiger partial charge in [0.25, 0.3) is 5.91 Å². The van der Waals surface area contributed by atoms with Crippen LogP contribution in [0.4, 0.5) is 0 Å². The lowest BCUT2D eigenvalue weighted by Crippen LogP contribution is -2.33. The second kappa shape index (κ2) is 6.25. The first-order valence-corrected chi connectivity index (χ1v) is 8.24. The molecule has 2 rings (SSSR count). The van der Waals surface area contributed by atoms with Crippen LogP contribution in [-0.4, -0.2) is 39.1 Å². The SMILES string of the molecule is C[C@H]1CCN(C(=O)c2ccc(Cl)cc2Cl)CC[S@]1=O. The monoisotopic (exact) mass is 319 g/mol.